The highest BCUT2D eigenvalue weighted by Crippen LogP contribution is 2.41. The molecular formula is C17H19BrN8O4S2. The number of nitrogens with zero attached hydrogens (tertiary/aromatic N) is 7. The number of halogens is 1. The minimum Gasteiger partial charge on any atom is -0.477 e. The summed E-state index contributed by atoms with van der Waals surface area (Å²) in [5.74, 6) is -1.22. The molecule has 15 heteroatoms. The van der Waals surface area contributed by atoms with Crippen molar-refractivity contribution in [1.82, 2.24) is 40.2 Å². The number of carbonyl (C=O) groups excluding carboxylic acids is 2. The molecule has 2 aliphatic heterocycles. The maximum absolute atomic E-state index is 12.8. The number of carbonyl (C=O) groups is 3. The van der Waals surface area contributed by atoms with Crippen LogP contribution in [-0.2, 0) is 28.0 Å². The molecule has 2 aliphatic rings. The molecule has 0 radical (unpaired) electrons. The van der Waals surface area contributed by atoms with Crippen molar-refractivity contribution in [1.29, 1.82) is 0 Å². The Labute approximate surface area is 199 Å². The number of fused-ring (bicyclic) bond motifs is 1. The molecule has 12 nitrogen and oxygen atoms in total. The van der Waals surface area contributed by atoms with Gasteiger partial charge in [0.1, 0.15) is 23.7 Å². The number of aliphatic carboxylic acids is 1. The van der Waals surface area contributed by atoms with Gasteiger partial charge in [0.25, 0.3) is 5.91 Å². The largest absolute Gasteiger partial charge is 0.477 e. The van der Waals surface area contributed by atoms with Crippen LogP contribution in [0.2, 0.25) is 0 Å². The van der Waals surface area contributed by atoms with E-state index in [0.29, 0.717) is 22.2 Å². The van der Waals surface area contributed by atoms with Crippen molar-refractivity contribution in [3.63, 3.8) is 0 Å². The Morgan fingerprint density at radius 3 is 2.72 bits per heavy atom. The molecule has 0 unspecified atom stereocenters. The van der Waals surface area contributed by atoms with Gasteiger partial charge in [-0.2, -0.15) is 5.10 Å². The molecule has 0 saturated carbocycles. The molecule has 2 atom stereocenters. The first kappa shape index (κ1) is 22.8. The number of amides is 2. The molecule has 0 bridgehead atoms. The molecule has 1 fully saturated rings. The first-order valence-electron chi connectivity index (χ1n) is 9.43. The third-order valence-electron chi connectivity index (χ3n) is 5.11. The summed E-state index contributed by atoms with van der Waals surface area (Å²) in [6, 6.07) is -0.778. The van der Waals surface area contributed by atoms with Crippen molar-refractivity contribution in [2.45, 2.75) is 37.0 Å². The Morgan fingerprint density at radius 1 is 1.38 bits per heavy atom. The molecule has 2 amide bonds. The minimum atomic E-state index is -1.17. The molecule has 1 saturated heterocycles. The Kier molecular flexibility index (Phi) is 6.31. The average molecular weight is 543 g/mol. The van der Waals surface area contributed by atoms with Gasteiger partial charge >= 0.3 is 5.97 Å². The molecule has 32 heavy (non-hydrogen) atoms. The van der Waals surface area contributed by atoms with Crippen LogP contribution >= 0.6 is 39.5 Å². The molecule has 2 aromatic heterocycles. The number of β-lactam (4-membered cyclic amide) rings is 1. The maximum atomic E-state index is 12.8. The second-order valence-corrected chi connectivity index (χ2v) is 10.1. The zero-order valence-corrected chi connectivity index (χ0v) is 20.5. The summed E-state index contributed by atoms with van der Waals surface area (Å²) in [5.41, 5.74) is 2.15. The highest BCUT2D eigenvalue weighted by molar-refractivity contribution is 9.10. The van der Waals surface area contributed by atoms with E-state index in [9.17, 15) is 19.5 Å². The molecular weight excluding hydrogens is 524 g/mol. The number of tetrazole rings is 1. The second kappa shape index (κ2) is 8.86. The third-order valence-corrected chi connectivity index (χ3v) is 8.69. The number of rotatable bonds is 7. The minimum absolute atomic E-state index is 0.0330. The molecule has 4 rings (SSSR count). The highest BCUT2D eigenvalue weighted by atomic mass is 79.9. The quantitative estimate of drug-likeness (QED) is 0.370. The van der Waals surface area contributed by atoms with E-state index < -0.39 is 23.3 Å². The van der Waals surface area contributed by atoms with E-state index in [1.54, 1.807) is 11.7 Å². The van der Waals surface area contributed by atoms with Gasteiger partial charge < -0.3 is 10.4 Å². The number of aromatic nitrogens is 6. The van der Waals surface area contributed by atoms with Crippen LogP contribution in [0.4, 0.5) is 0 Å². The van der Waals surface area contributed by atoms with Crippen LogP contribution in [-0.4, -0.2) is 80.7 Å². The third kappa shape index (κ3) is 4.03. The van der Waals surface area contributed by atoms with Gasteiger partial charge in [-0.1, -0.05) is 11.8 Å². The van der Waals surface area contributed by atoms with Crippen molar-refractivity contribution >= 4 is 57.2 Å². The molecule has 0 aliphatic carbocycles. The number of nitrogens with one attached hydrogen (secondary N) is 1. The molecule has 4 heterocycles. The average Bonchev–Trinajstić information content (AvgIpc) is 3.27. The monoisotopic (exact) mass is 542 g/mol. The van der Waals surface area contributed by atoms with E-state index in [1.807, 2.05) is 13.8 Å². The lowest BCUT2D eigenvalue weighted by Crippen LogP contribution is -2.70. The topological polar surface area (TPSA) is 148 Å². The van der Waals surface area contributed by atoms with Gasteiger partial charge in [-0.25, -0.2) is 9.48 Å². The molecule has 2 N–H and O–H groups in total. The van der Waals surface area contributed by atoms with Crippen LogP contribution in [0, 0.1) is 13.8 Å². The fourth-order valence-corrected chi connectivity index (χ4v) is 6.09. The Balaban J connectivity index is 1.44. The summed E-state index contributed by atoms with van der Waals surface area (Å²) in [6.07, 6.45) is 0. The van der Waals surface area contributed by atoms with Crippen molar-refractivity contribution in [3.05, 3.63) is 27.1 Å². The summed E-state index contributed by atoms with van der Waals surface area (Å²) in [5, 5.41) is 28.1. The number of carboxylic acids is 1. The lowest BCUT2D eigenvalue weighted by atomic mass is 10.0. The van der Waals surface area contributed by atoms with E-state index in [-0.39, 0.29) is 18.1 Å². The van der Waals surface area contributed by atoms with Gasteiger partial charge in [-0.05, 0) is 45.8 Å². The highest BCUT2D eigenvalue weighted by Gasteiger charge is 2.54. The van der Waals surface area contributed by atoms with Gasteiger partial charge in [-0.15, -0.1) is 16.9 Å². The fourth-order valence-electron chi connectivity index (χ4n) is 3.47. The van der Waals surface area contributed by atoms with E-state index >= 15 is 0 Å². The van der Waals surface area contributed by atoms with E-state index in [2.05, 4.69) is 41.9 Å². The molecule has 0 spiro atoms. The van der Waals surface area contributed by atoms with Crippen LogP contribution in [0.5, 0.6) is 0 Å². The van der Waals surface area contributed by atoms with Gasteiger partial charge in [0.05, 0.1) is 15.9 Å². The lowest BCUT2D eigenvalue weighted by Gasteiger charge is -2.49. The summed E-state index contributed by atoms with van der Waals surface area (Å²) in [4.78, 5) is 38.5. The van der Waals surface area contributed by atoms with E-state index in [1.165, 1.54) is 33.1 Å². The van der Waals surface area contributed by atoms with Gasteiger partial charge in [0.15, 0.2) is 0 Å². The summed E-state index contributed by atoms with van der Waals surface area (Å²) >= 11 is 6.14. The van der Waals surface area contributed by atoms with Gasteiger partial charge in [-0.3, -0.25) is 19.2 Å². The Hall–Kier alpha value is -2.39. The zero-order valence-electron chi connectivity index (χ0n) is 17.3. The normalized spacial score (nSPS) is 20.2. The first-order valence-corrected chi connectivity index (χ1v) is 12.3. The SMILES string of the molecule is Cc1nn(CC(=O)N[C@@H]2C(=O)N3C(C(=O)O)=C(CSc4nnnn4C)CS[C@@H]23)c(C)c1Br. The van der Waals surface area contributed by atoms with Crippen LogP contribution in [0.3, 0.4) is 0 Å². The van der Waals surface area contributed by atoms with E-state index in [4.69, 9.17) is 0 Å². The van der Waals surface area contributed by atoms with E-state index in [0.717, 1.165) is 15.9 Å². The standard InChI is InChI=1S/C17H19BrN8O4S2/c1-7-11(18)8(2)25(21-7)4-10(27)19-12-14(28)26-13(16(29)30)9(5-31-15(12)26)6-32-17-20-22-23-24(17)3/h12,15H,4-6H2,1-3H3,(H,19,27)(H,29,30)/t12-,15+/m1/s1. The fraction of sp³-hybridized carbons (Fsp3) is 0.471. The molecule has 2 aromatic rings. The number of aryl methyl sites for hydroxylation is 2. The predicted molar refractivity (Wildman–Crippen MR) is 119 cm³/mol. The van der Waals surface area contributed by atoms with Crippen LogP contribution in [0.1, 0.15) is 11.4 Å². The van der Waals surface area contributed by atoms with Crippen molar-refractivity contribution < 1.29 is 19.5 Å². The number of thioether (sulfide) groups is 2. The zero-order chi connectivity index (χ0) is 23.2. The van der Waals surface area contributed by atoms with Crippen molar-refractivity contribution in [2.24, 2.45) is 7.05 Å². The summed E-state index contributed by atoms with van der Waals surface area (Å²) in [6.45, 7) is 3.63. The number of carboxylic acid groups (broad SMARTS) is 1. The predicted octanol–water partition coefficient (Wildman–Crippen LogP) is 0.317. The van der Waals surface area contributed by atoms with Crippen LogP contribution in [0.15, 0.2) is 20.9 Å². The number of hydrogen-bond acceptors (Lipinski definition) is 9. The van der Waals surface area contributed by atoms with Crippen LogP contribution in [0.25, 0.3) is 0 Å². The molecule has 0 aromatic carbocycles. The molecule has 170 valence electrons. The van der Waals surface area contributed by atoms with Gasteiger partial charge in [0.2, 0.25) is 11.1 Å². The number of hydrogen-bond donors (Lipinski definition) is 2. The van der Waals surface area contributed by atoms with Crippen molar-refractivity contribution in [2.75, 3.05) is 11.5 Å². The lowest BCUT2D eigenvalue weighted by molar-refractivity contribution is -0.150. The summed E-state index contributed by atoms with van der Waals surface area (Å²) < 4.78 is 3.88. The Bertz CT molecular complexity index is 1150. The Morgan fingerprint density at radius 2 is 2.12 bits per heavy atom. The smallest absolute Gasteiger partial charge is 0.352 e. The maximum Gasteiger partial charge on any atom is 0.352 e. The van der Waals surface area contributed by atoms with Crippen molar-refractivity contribution in [3.8, 4) is 0 Å². The first-order chi connectivity index (χ1) is 15.2. The second-order valence-electron chi connectivity index (χ2n) is 7.23. The summed E-state index contributed by atoms with van der Waals surface area (Å²) in [7, 11) is 1.69. The van der Waals surface area contributed by atoms with Crippen LogP contribution < -0.4 is 5.32 Å². The van der Waals surface area contributed by atoms with Gasteiger partial charge in [0, 0.05) is 18.6 Å².